The van der Waals surface area contributed by atoms with E-state index < -0.39 is 29.7 Å². The molecule has 0 spiro atoms. The van der Waals surface area contributed by atoms with Crippen molar-refractivity contribution in [1.82, 2.24) is 4.90 Å². The van der Waals surface area contributed by atoms with Crippen molar-refractivity contribution in [3.63, 3.8) is 0 Å². The van der Waals surface area contributed by atoms with Gasteiger partial charge in [0.1, 0.15) is 11.7 Å². The van der Waals surface area contributed by atoms with Gasteiger partial charge in [-0.1, -0.05) is 0 Å². The van der Waals surface area contributed by atoms with Crippen LogP contribution in [0.1, 0.15) is 17.3 Å². The lowest BCUT2D eigenvalue weighted by molar-refractivity contribution is -0.142. The van der Waals surface area contributed by atoms with Crippen LogP contribution in [-0.2, 0) is 9.53 Å². The predicted octanol–water partition coefficient (Wildman–Crippen LogP) is 0.970. The SMILES string of the molecule is CCN(C(=O)c1ccc(N)c(F)c1)C1COCC1C(=O)O. The maximum atomic E-state index is 13.5. The Bertz CT molecular complexity index is 564. The molecule has 21 heavy (non-hydrogen) atoms. The highest BCUT2D eigenvalue weighted by Gasteiger charge is 2.39. The molecule has 1 amide bonds. The van der Waals surface area contributed by atoms with Crippen molar-refractivity contribution >= 4 is 17.6 Å². The van der Waals surface area contributed by atoms with Gasteiger partial charge in [-0.3, -0.25) is 9.59 Å². The number of rotatable bonds is 4. The van der Waals surface area contributed by atoms with Gasteiger partial charge in [0.15, 0.2) is 0 Å². The van der Waals surface area contributed by atoms with Gasteiger partial charge in [-0.25, -0.2) is 4.39 Å². The first-order valence-corrected chi connectivity index (χ1v) is 6.62. The number of nitrogen functional groups attached to an aromatic ring is 1. The molecule has 1 heterocycles. The van der Waals surface area contributed by atoms with Crippen LogP contribution in [0, 0.1) is 11.7 Å². The molecule has 3 N–H and O–H groups in total. The van der Waals surface area contributed by atoms with Gasteiger partial charge >= 0.3 is 5.97 Å². The molecule has 1 saturated heterocycles. The van der Waals surface area contributed by atoms with Crippen LogP contribution in [0.4, 0.5) is 10.1 Å². The Hall–Kier alpha value is -2.15. The van der Waals surface area contributed by atoms with Crippen LogP contribution in [0.2, 0.25) is 0 Å². The zero-order valence-electron chi connectivity index (χ0n) is 11.6. The number of hydrogen-bond donors (Lipinski definition) is 2. The van der Waals surface area contributed by atoms with Crippen molar-refractivity contribution in [3.05, 3.63) is 29.6 Å². The van der Waals surface area contributed by atoms with Gasteiger partial charge in [0.05, 0.1) is 24.9 Å². The Morgan fingerprint density at radius 3 is 2.76 bits per heavy atom. The molecule has 0 aliphatic carbocycles. The van der Waals surface area contributed by atoms with Gasteiger partial charge in [-0.2, -0.15) is 0 Å². The maximum Gasteiger partial charge on any atom is 0.311 e. The molecule has 0 saturated carbocycles. The summed E-state index contributed by atoms with van der Waals surface area (Å²) in [5.74, 6) is -2.88. The number of benzene rings is 1. The lowest BCUT2D eigenvalue weighted by Gasteiger charge is -2.29. The molecule has 1 aliphatic rings. The Balaban J connectivity index is 2.26. The van der Waals surface area contributed by atoms with E-state index in [4.69, 9.17) is 15.6 Å². The third-order valence-electron chi connectivity index (χ3n) is 3.62. The van der Waals surface area contributed by atoms with Gasteiger partial charge in [0.25, 0.3) is 5.91 Å². The minimum absolute atomic E-state index is 0.0396. The monoisotopic (exact) mass is 296 g/mol. The Morgan fingerprint density at radius 2 is 2.19 bits per heavy atom. The lowest BCUT2D eigenvalue weighted by Crippen LogP contribution is -2.46. The Morgan fingerprint density at radius 1 is 1.48 bits per heavy atom. The number of anilines is 1. The number of carboxylic acids is 1. The van der Waals surface area contributed by atoms with Gasteiger partial charge in [-0.05, 0) is 25.1 Å². The summed E-state index contributed by atoms with van der Waals surface area (Å²) < 4.78 is 18.6. The number of nitrogens with two attached hydrogens (primary N) is 1. The van der Waals surface area contributed by atoms with E-state index in [9.17, 15) is 14.0 Å². The third kappa shape index (κ3) is 2.97. The molecule has 0 aromatic heterocycles. The Labute approximate surface area is 121 Å². The highest BCUT2D eigenvalue weighted by molar-refractivity contribution is 5.95. The number of hydrogen-bond acceptors (Lipinski definition) is 4. The van der Waals surface area contributed by atoms with Gasteiger partial charge < -0.3 is 20.5 Å². The summed E-state index contributed by atoms with van der Waals surface area (Å²) in [6.07, 6.45) is 0. The number of nitrogens with zero attached hydrogens (tertiary/aromatic N) is 1. The van der Waals surface area contributed by atoms with Gasteiger partial charge in [-0.15, -0.1) is 0 Å². The molecule has 7 heteroatoms. The van der Waals surface area contributed by atoms with E-state index in [1.54, 1.807) is 6.92 Å². The van der Waals surface area contributed by atoms with Crippen LogP contribution in [0.15, 0.2) is 18.2 Å². The molecule has 1 aromatic carbocycles. The summed E-state index contributed by atoms with van der Waals surface area (Å²) in [5, 5.41) is 9.17. The van der Waals surface area contributed by atoms with Crippen LogP contribution in [0.25, 0.3) is 0 Å². The number of carboxylic acid groups (broad SMARTS) is 1. The average Bonchev–Trinajstić information content (AvgIpc) is 2.92. The van der Waals surface area contributed by atoms with Gasteiger partial charge in [0.2, 0.25) is 0 Å². The quantitative estimate of drug-likeness (QED) is 0.808. The minimum Gasteiger partial charge on any atom is -0.481 e. The standard InChI is InChI=1S/C14H17FN2O4/c1-2-17(12-7-21-6-9(12)14(19)20)13(18)8-3-4-11(16)10(15)5-8/h3-5,9,12H,2,6-7,16H2,1H3,(H,19,20). The summed E-state index contributed by atoms with van der Waals surface area (Å²) in [6.45, 7) is 2.28. The molecule has 1 aliphatic heterocycles. The normalized spacial score (nSPS) is 21.2. The van der Waals surface area contributed by atoms with E-state index >= 15 is 0 Å². The number of carbonyl (C=O) groups excluding carboxylic acids is 1. The van der Waals surface area contributed by atoms with E-state index in [0.717, 1.165) is 6.07 Å². The third-order valence-corrected chi connectivity index (χ3v) is 3.62. The van der Waals surface area contributed by atoms with Crippen molar-refractivity contribution in [2.45, 2.75) is 13.0 Å². The molecule has 2 atom stereocenters. The number of ether oxygens (including phenoxy) is 1. The molecule has 114 valence electrons. The van der Waals surface area contributed by atoms with Crippen molar-refractivity contribution in [2.24, 2.45) is 5.92 Å². The number of likely N-dealkylation sites (N-methyl/N-ethyl adjacent to an activating group) is 1. The average molecular weight is 296 g/mol. The fourth-order valence-electron chi connectivity index (χ4n) is 2.44. The largest absolute Gasteiger partial charge is 0.481 e. The molecule has 0 radical (unpaired) electrons. The van der Waals surface area contributed by atoms with E-state index in [-0.39, 0.29) is 24.5 Å². The Kier molecular flexibility index (Phi) is 4.42. The predicted molar refractivity (Wildman–Crippen MR) is 73.3 cm³/mol. The summed E-state index contributed by atoms with van der Waals surface area (Å²) in [6, 6.07) is 3.25. The smallest absolute Gasteiger partial charge is 0.311 e. The van der Waals surface area contributed by atoms with Gasteiger partial charge in [0, 0.05) is 12.1 Å². The van der Waals surface area contributed by atoms with Crippen LogP contribution < -0.4 is 5.73 Å². The first kappa shape index (κ1) is 15.2. The zero-order chi connectivity index (χ0) is 15.6. The van der Waals surface area contributed by atoms with Crippen molar-refractivity contribution in [1.29, 1.82) is 0 Å². The maximum absolute atomic E-state index is 13.5. The van der Waals surface area contributed by atoms with Crippen molar-refractivity contribution in [2.75, 3.05) is 25.5 Å². The van der Waals surface area contributed by atoms with E-state index in [2.05, 4.69) is 0 Å². The fraction of sp³-hybridized carbons (Fsp3) is 0.429. The summed E-state index contributed by atoms with van der Waals surface area (Å²) >= 11 is 0. The first-order valence-electron chi connectivity index (χ1n) is 6.62. The second-order valence-corrected chi connectivity index (χ2v) is 4.88. The second-order valence-electron chi connectivity index (χ2n) is 4.88. The van der Waals surface area contributed by atoms with Crippen molar-refractivity contribution < 1.29 is 23.8 Å². The molecular formula is C14H17FN2O4. The fourth-order valence-corrected chi connectivity index (χ4v) is 2.44. The minimum atomic E-state index is -1.01. The van der Waals surface area contributed by atoms with Crippen molar-refractivity contribution in [3.8, 4) is 0 Å². The second kappa shape index (κ2) is 6.09. The summed E-state index contributed by atoms with van der Waals surface area (Å²) in [4.78, 5) is 25.1. The van der Waals surface area contributed by atoms with Crippen LogP contribution in [0.5, 0.6) is 0 Å². The lowest BCUT2D eigenvalue weighted by atomic mass is 10.0. The summed E-state index contributed by atoms with van der Waals surface area (Å²) in [5.41, 5.74) is 5.48. The molecule has 2 rings (SSSR count). The number of halogens is 1. The molecule has 2 unspecified atom stereocenters. The van der Waals surface area contributed by atoms with Crippen LogP contribution in [0.3, 0.4) is 0 Å². The number of carbonyl (C=O) groups is 2. The molecular weight excluding hydrogens is 279 g/mol. The first-order chi connectivity index (χ1) is 9.95. The van der Waals surface area contributed by atoms with E-state index in [0.29, 0.717) is 6.54 Å². The topological polar surface area (TPSA) is 92.9 Å². The molecule has 0 bridgehead atoms. The molecule has 1 aromatic rings. The zero-order valence-corrected chi connectivity index (χ0v) is 11.6. The van der Waals surface area contributed by atoms with Crippen LogP contribution >= 0.6 is 0 Å². The highest BCUT2D eigenvalue weighted by atomic mass is 19.1. The molecule has 6 nitrogen and oxygen atoms in total. The number of amides is 1. The van der Waals surface area contributed by atoms with E-state index in [1.165, 1.54) is 17.0 Å². The highest BCUT2D eigenvalue weighted by Crippen LogP contribution is 2.23. The van der Waals surface area contributed by atoms with E-state index in [1.807, 2.05) is 0 Å². The van der Waals surface area contributed by atoms with Crippen LogP contribution in [-0.4, -0.2) is 47.7 Å². The molecule has 1 fully saturated rings. The summed E-state index contributed by atoms with van der Waals surface area (Å²) in [7, 11) is 0. The number of aliphatic carboxylic acids is 1.